The third-order valence-corrected chi connectivity index (χ3v) is 7.09. The summed E-state index contributed by atoms with van der Waals surface area (Å²) in [5, 5.41) is 0. The van der Waals surface area contributed by atoms with E-state index in [0.29, 0.717) is 10.6 Å². The van der Waals surface area contributed by atoms with Crippen molar-refractivity contribution in [2.45, 2.75) is 48.3 Å². The lowest BCUT2D eigenvalue weighted by atomic mass is 9.97. The molecule has 27 heavy (non-hydrogen) atoms. The molecule has 1 aromatic heterocycles. The van der Waals surface area contributed by atoms with Gasteiger partial charge in [0.05, 0.1) is 15.5 Å². The van der Waals surface area contributed by atoms with Crippen molar-refractivity contribution in [2.75, 3.05) is 23.7 Å². The first-order valence-electron chi connectivity index (χ1n) is 9.61. The number of nitrogens with zero attached hydrogens (tertiary/aromatic N) is 2. The average molecular weight is 384 g/mol. The zero-order valence-corrected chi connectivity index (χ0v) is 16.2. The fourth-order valence-electron chi connectivity index (χ4n) is 3.77. The van der Waals surface area contributed by atoms with Gasteiger partial charge in [0, 0.05) is 18.8 Å². The molecule has 2 N–H and O–H groups in total. The van der Waals surface area contributed by atoms with Crippen LogP contribution in [0.3, 0.4) is 0 Å². The number of allylic oxidation sites excluding steroid dienone is 2. The largest absolute Gasteiger partial charge is 0.399 e. The molecule has 0 unspecified atom stereocenters. The highest BCUT2D eigenvalue weighted by Crippen LogP contribution is 2.32. The molecule has 0 spiro atoms. The van der Waals surface area contributed by atoms with Crippen LogP contribution in [-0.4, -0.2) is 26.5 Å². The molecular formula is C21H25N3O2S. The second-order valence-electron chi connectivity index (χ2n) is 7.29. The lowest BCUT2D eigenvalue weighted by molar-refractivity contribution is 0.596. The van der Waals surface area contributed by atoms with Gasteiger partial charge in [-0.05, 0) is 80.5 Å². The van der Waals surface area contributed by atoms with Crippen molar-refractivity contribution in [3.8, 4) is 0 Å². The van der Waals surface area contributed by atoms with Crippen molar-refractivity contribution < 1.29 is 8.42 Å². The van der Waals surface area contributed by atoms with E-state index in [1.54, 1.807) is 36.4 Å². The average Bonchev–Trinajstić information content (AvgIpc) is 3.24. The smallest absolute Gasteiger partial charge is 0.206 e. The zero-order chi connectivity index (χ0) is 18.9. The summed E-state index contributed by atoms with van der Waals surface area (Å²) in [6.07, 6.45) is 8.75. The highest BCUT2D eigenvalue weighted by atomic mass is 32.2. The van der Waals surface area contributed by atoms with E-state index in [0.717, 1.165) is 62.3 Å². The van der Waals surface area contributed by atoms with Crippen molar-refractivity contribution in [1.82, 2.24) is 4.98 Å². The maximum Gasteiger partial charge on any atom is 0.206 e. The molecule has 2 heterocycles. The Hall–Kier alpha value is -2.34. The highest BCUT2D eigenvalue weighted by molar-refractivity contribution is 7.91. The van der Waals surface area contributed by atoms with Crippen LogP contribution in [0.2, 0.25) is 0 Å². The van der Waals surface area contributed by atoms with E-state index in [2.05, 4.69) is 11.0 Å². The van der Waals surface area contributed by atoms with Gasteiger partial charge >= 0.3 is 0 Å². The summed E-state index contributed by atoms with van der Waals surface area (Å²) in [6, 6.07) is 9.85. The molecule has 2 aromatic rings. The Morgan fingerprint density at radius 1 is 0.926 bits per heavy atom. The Bertz CT molecular complexity index is 959. The number of nitrogens with two attached hydrogens (primary N) is 1. The third kappa shape index (κ3) is 3.72. The number of benzene rings is 1. The Labute approximate surface area is 160 Å². The molecule has 6 heteroatoms. The third-order valence-electron chi connectivity index (χ3n) is 5.34. The minimum absolute atomic E-state index is 0.263. The fraction of sp³-hybridized carbons (Fsp3) is 0.381. The number of hydrogen-bond acceptors (Lipinski definition) is 5. The summed E-state index contributed by atoms with van der Waals surface area (Å²) < 4.78 is 26.5. The van der Waals surface area contributed by atoms with Crippen molar-refractivity contribution in [1.29, 1.82) is 0 Å². The Kier molecular flexibility index (Phi) is 4.91. The number of anilines is 2. The molecule has 1 aliphatic heterocycles. The van der Waals surface area contributed by atoms with Crippen LogP contribution < -0.4 is 10.6 Å². The minimum atomic E-state index is -3.62. The molecule has 0 amide bonds. The van der Waals surface area contributed by atoms with Crippen LogP contribution in [0.15, 0.2) is 52.3 Å². The van der Waals surface area contributed by atoms with E-state index in [1.165, 1.54) is 6.42 Å². The van der Waals surface area contributed by atoms with Gasteiger partial charge < -0.3 is 10.6 Å². The Balaban J connectivity index is 1.82. The van der Waals surface area contributed by atoms with Gasteiger partial charge in [-0.1, -0.05) is 6.08 Å². The van der Waals surface area contributed by atoms with Crippen LogP contribution in [-0.2, 0) is 9.84 Å². The van der Waals surface area contributed by atoms with Crippen molar-refractivity contribution in [3.63, 3.8) is 0 Å². The van der Waals surface area contributed by atoms with Crippen LogP contribution in [0.5, 0.6) is 0 Å². The van der Waals surface area contributed by atoms with E-state index in [9.17, 15) is 8.42 Å². The number of nitrogen functional groups attached to an aromatic ring is 1. The van der Waals surface area contributed by atoms with Gasteiger partial charge in [-0.3, -0.25) is 0 Å². The van der Waals surface area contributed by atoms with Gasteiger partial charge in [-0.15, -0.1) is 0 Å². The molecule has 1 fully saturated rings. The van der Waals surface area contributed by atoms with E-state index < -0.39 is 9.84 Å². The first kappa shape index (κ1) is 18.0. The molecule has 1 aliphatic carbocycles. The summed E-state index contributed by atoms with van der Waals surface area (Å²) in [4.78, 5) is 7.60. The first-order chi connectivity index (χ1) is 13.0. The Morgan fingerprint density at radius 3 is 2.33 bits per heavy atom. The normalized spacial score (nSPS) is 17.8. The molecule has 1 aromatic carbocycles. The van der Waals surface area contributed by atoms with Gasteiger partial charge in [0.15, 0.2) is 0 Å². The quantitative estimate of drug-likeness (QED) is 0.806. The van der Waals surface area contributed by atoms with Crippen LogP contribution >= 0.6 is 0 Å². The summed E-state index contributed by atoms with van der Waals surface area (Å²) in [7, 11) is -3.62. The van der Waals surface area contributed by atoms with Crippen LogP contribution in [0.25, 0.3) is 5.57 Å². The summed E-state index contributed by atoms with van der Waals surface area (Å²) in [5.74, 6) is 0.769. The maximum atomic E-state index is 13.2. The number of rotatable bonds is 4. The van der Waals surface area contributed by atoms with Crippen LogP contribution in [0.1, 0.15) is 44.2 Å². The maximum absolute atomic E-state index is 13.2. The topological polar surface area (TPSA) is 76.3 Å². The van der Waals surface area contributed by atoms with Crippen molar-refractivity contribution in [3.05, 3.63) is 48.2 Å². The summed E-state index contributed by atoms with van der Waals surface area (Å²) >= 11 is 0. The number of hydrogen-bond donors (Lipinski definition) is 1. The number of aromatic nitrogens is 1. The predicted octanol–water partition coefficient (Wildman–Crippen LogP) is 4.05. The predicted molar refractivity (Wildman–Crippen MR) is 108 cm³/mol. The molecular weight excluding hydrogens is 358 g/mol. The van der Waals surface area contributed by atoms with Gasteiger partial charge in [-0.25, -0.2) is 13.4 Å². The van der Waals surface area contributed by atoms with Gasteiger partial charge in [0.25, 0.3) is 0 Å². The monoisotopic (exact) mass is 383 g/mol. The van der Waals surface area contributed by atoms with Crippen LogP contribution in [0.4, 0.5) is 11.5 Å². The van der Waals surface area contributed by atoms with E-state index >= 15 is 0 Å². The lowest BCUT2D eigenvalue weighted by Crippen LogP contribution is -2.20. The molecule has 0 saturated carbocycles. The molecule has 1 saturated heterocycles. The molecule has 0 atom stereocenters. The minimum Gasteiger partial charge on any atom is -0.399 e. The second-order valence-corrected chi connectivity index (χ2v) is 9.24. The van der Waals surface area contributed by atoms with Crippen molar-refractivity contribution >= 4 is 26.9 Å². The fourth-order valence-corrected chi connectivity index (χ4v) is 5.07. The number of sulfone groups is 1. The molecule has 4 rings (SSSR count). The molecule has 2 aliphatic rings. The Morgan fingerprint density at radius 2 is 1.67 bits per heavy atom. The second kappa shape index (κ2) is 7.35. The van der Waals surface area contributed by atoms with E-state index in [-0.39, 0.29) is 4.90 Å². The zero-order valence-electron chi connectivity index (χ0n) is 15.4. The van der Waals surface area contributed by atoms with Gasteiger partial charge in [-0.2, -0.15) is 0 Å². The molecule has 0 radical (unpaired) electrons. The van der Waals surface area contributed by atoms with Crippen LogP contribution in [0, 0.1) is 0 Å². The first-order valence-corrected chi connectivity index (χ1v) is 11.1. The molecule has 142 valence electrons. The molecule has 5 nitrogen and oxygen atoms in total. The summed E-state index contributed by atoms with van der Waals surface area (Å²) in [5.41, 5.74) is 8.23. The number of pyridine rings is 1. The van der Waals surface area contributed by atoms with E-state index in [4.69, 9.17) is 10.7 Å². The van der Waals surface area contributed by atoms with E-state index in [1.807, 2.05) is 0 Å². The lowest BCUT2D eigenvalue weighted by Gasteiger charge is -2.20. The van der Waals surface area contributed by atoms with Gasteiger partial charge in [0.2, 0.25) is 9.84 Å². The van der Waals surface area contributed by atoms with Gasteiger partial charge in [0.1, 0.15) is 5.82 Å². The van der Waals surface area contributed by atoms with Crippen molar-refractivity contribution in [2.24, 2.45) is 0 Å². The highest BCUT2D eigenvalue weighted by Gasteiger charge is 2.23. The summed E-state index contributed by atoms with van der Waals surface area (Å²) in [6.45, 7) is 1.85. The SMILES string of the molecule is Nc1ccc(S(=O)(=O)c2cc(C3=CCCCC3)nc(N3CCCC3)c2)cc1. The molecule has 0 bridgehead atoms. The standard InChI is InChI=1S/C21H25N3O2S/c22-17-8-10-18(11-9-17)27(25,26)19-14-20(16-6-2-1-3-7-16)23-21(15-19)24-12-4-5-13-24/h6,8-11,14-15H,1-5,7,12-13,22H2.